The summed E-state index contributed by atoms with van der Waals surface area (Å²) in [5.41, 5.74) is 0.843. The van der Waals surface area contributed by atoms with E-state index in [0.717, 1.165) is 42.9 Å². The third-order valence-electron chi connectivity index (χ3n) is 10.6. The van der Waals surface area contributed by atoms with E-state index in [-0.39, 0.29) is 6.10 Å². The molecule has 0 amide bonds. The van der Waals surface area contributed by atoms with Gasteiger partial charge in [-0.2, -0.15) is 0 Å². The van der Waals surface area contributed by atoms with Gasteiger partial charge in [0, 0.05) is 6.42 Å². The molecule has 0 aromatic carbocycles. The van der Waals surface area contributed by atoms with E-state index >= 15 is 0 Å². The van der Waals surface area contributed by atoms with Gasteiger partial charge in [0.1, 0.15) is 0 Å². The largest absolute Gasteiger partial charge is 0.481 e. The highest BCUT2D eigenvalue weighted by Crippen LogP contribution is 2.69. The number of rotatable bonds is 4. The Balaban J connectivity index is 1.55. The summed E-state index contributed by atoms with van der Waals surface area (Å²) in [6, 6.07) is 0. The molecule has 8 unspecified atom stereocenters. The number of hydrogen-bond acceptors (Lipinski definition) is 2. The maximum absolute atomic E-state index is 11.1. The fraction of sp³-hybridized carbons (Fsp3) is 0.960. The highest BCUT2D eigenvalue weighted by atomic mass is 16.4. The molecule has 0 aromatic heterocycles. The van der Waals surface area contributed by atoms with E-state index in [1.54, 1.807) is 0 Å². The van der Waals surface area contributed by atoms with Gasteiger partial charge in [0.2, 0.25) is 0 Å². The molecule has 28 heavy (non-hydrogen) atoms. The molecule has 10 atom stereocenters. The SMILES string of the molecule is CC1CC2CC(O)CC[C@]2(C)C2CC[C@]3(C)C(C(C)CCC(=O)O)CCC3C12. The average molecular weight is 391 g/mol. The molecule has 0 aromatic rings. The Morgan fingerprint density at radius 2 is 1.71 bits per heavy atom. The van der Waals surface area contributed by atoms with E-state index in [2.05, 4.69) is 27.7 Å². The number of carboxylic acid groups (broad SMARTS) is 1. The van der Waals surface area contributed by atoms with Gasteiger partial charge in [0.05, 0.1) is 6.10 Å². The van der Waals surface area contributed by atoms with Crippen LogP contribution in [0.25, 0.3) is 0 Å². The van der Waals surface area contributed by atoms with Crippen LogP contribution in [-0.4, -0.2) is 22.3 Å². The molecule has 4 fully saturated rings. The van der Waals surface area contributed by atoms with Crippen molar-refractivity contribution in [3.8, 4) is 0 Å². The van der Waals surface area contributed by atoms with Crippen LogP contribution in [0, 0.1) is 52.3 Å². The lowest BCUT2D eigenvalue weighted by molar-refractivity contribution is -0.150. The summed E-state index contributed by atoms with van der Waals surface area (Å²) in [6.07, 6.45) is 11.0. The molecule has 0 spiro atoms. The van der Waals surface area contributed by atoms with E-state index in [0.29, 0.717) is 35.0 Å². The van der Waals surface area contributed by atoms with Crippen LogP contribution in [0.2, 0.25) is 0 Å². The minimum absolute atomic E-state index is 0.0679. The second-order valence-electron chi connectivity index (χ2n) is 11.8. The third kappa shape index (κ3) is 3.15. The monoisotopic (exact) mass is 390 g/mol. The van der Waals surface area contributed by atoms with Crippen LogP contribution in [0.5, 0.6) is 0 Å². The Kier molecular flexibility index (Phi) is 5.39. The van der Waals surface area contributed by atoms with Crippen LogP contribution in [0.15, 0.2) is 0 Å². The summed E-state index contributed by atoms with van der Waals surface area (Å²) in [6.45, 7) is 9.95. The van der Waals surface area contributed by atoms with Crippen molar-refractivity contribution >= 4 is 5.97 Å². The Morgan fingerprint density at radius 3 is 2.43 bits per heavy atom. The molecule has 0 heterocycles. The van der Waals surface area contributed by atoms with Crippen molar-refractivity contribution in [3.63, 3.8) is 0 Å². The van der Waals surface area contributed by atoms with Crippen LogP contribution < -0.4 is 0 Å². The highest BCUT2D eigenvalue weighted by molar-refractivity contribution is 5.66. The van der Waals surface area contributed by atoms with E-state index in [1.807, 2.05) is 0 Å². The second kappa shape index (κ2) is 7.29. The quantitative estimate of drug-likeness (QED) is 0.642. The number of fused-ring (bicyclic) bond motifs is 5. The van der Waals surface area contributed by atoms with Gasteiger partial charge >= 0.3 is 5.97 Å². The molecule has 0 aliphatic heterocycles. The standard InChI is InChI=1S/C25H42O3/c1-15(5-8-22(27)28)19-6-7-20-23-16(2)13-17-14-18(26)9-11-24(17,3)21(23)10-12-25(19,20)4/h15-21,23,26H,5-14H2,1-4H3,(H,27,28)/t15?,16?,17?,18?,19?,20?,21?,23?,24-,25+/m0/s1. The number of carbonyl (C=O) groups is 1. The highest BCUT2D eigenvalue weighted by Gasteiger charge is 2.62. The number of carboxylic acids is 1. The van der Waals surface area contributed by atoms with Crippen LogP contribution >= 0.6 is 0 Å². The van der Waals surface area contributed by atoms with Crippen molar-refractivity contribution in [2.75, 3.05) is 0 Å². The van der Waals surface area contributed by atoms with Crippen molar-refractivity contribution in [1.82, 2.24) is 0 Å². The van der Waals surface area contributed by atoms with Crippen molar-refractivity contribution in [1.29, 1.82) is 0 Å². The first-order valence-electron chi connectivity index (χ1n) is 12.1. The van der Waals surface area contributed by atoms with Gasteiger partial charge < -0.3 is 10.2 Å². The van der Waals surface area contributed by atoms with Gasteiger partial charge in [-0.25, -0.2) is 0 Å². The van der Waals surface area contributed by atoms with Gasteiger partial charge in [-0.15, -0.1) is 0 Å². The molecule has 3 heteroatoms. The summed E-state index contributed by atoms with van der Waals surface area (Å²) in [5.74, 6) is 4.55. The molecule has 160 valence electrons. The smallest absolute Gasteiger partial charge is 0.303 e. The first kappa shape index (κ1) is 20.7. The van der Waals surface area contributed by atoms with Gasteiger partial charge in [-0.05, 0) is 110 Å². The average Bonchev–Trinajstić information content (AvgIpc) is 2.98. The summed E-state index contributed by atoms with van der Waals surface area (Å²) in [7, 11) is 0. The lowest BCUT2D eigenvalue weighted by atomic mass is 9.42. The second-order valence-corrected chi connectivity index (χ2v) is 11.8. The molecule has 3 nitrogen and oxygen atoms in total. The molecule has 0 radical (unpaired) electrons. The van der Waals surface area contributed by atoms with Crippen LogP contribution in [-0.2, 0) is 4.79 Å². The minimum atomic E-state index is -0.644. The van der Waals surface area contributed by atoms with Crippen LogP contribution in [0.1, 0.15) is 91.9 Å². The normalized spacial score (nSPS) is 51.7. The fourth-order valence-electron chi connectivity index (χ4n) is 9.14. The lowest BCUT2D eigenvalue weighted by Crippen LogP contribution is -2.56. The first-order valence-corrected chi connectivity index (χ1v) is 12.1. The summed E-state index contributed by atoms with van der Waals surface area (Å²) in [5, 5.41) is 19.4. The number of aliphatic hydroxyl groups excluding tert-OH is 1. The number of aliphatic carboxylic acids is 1. The van der Waals surface area contributed by atoms with Crippen molar-refractivity contribution in [3.05, 3.63) is 0 Å². The number of aliphatic hydroxyl groups is 1. The minimum Gasteiger partial charge on any atom is -0.481 e. The topological polar surface area (TPSA) is 57.5 Å². The van der Waals surface area contributed by atoms with Crippen LogP contribution in [0.4, 0.5) is 0 Å². The predicted molar refractivity (Wildman–Crippen MR) is 112 cm³/mol. The molecule has 4 aliphatic rings. The Morgan fingerprint density at radius 1 is 1.04 bits per heavy atom. The third-order valence-corrected chi connectivity index (χ3v) is 10.6. The lowest BCUT2D eigenvalue weighted by Gasteiger charge is -2.63. The van der Waals surface area contributed by atoms with E-state index in [9.17, 15) is 9.90 Å². The summed E-state index contributed by atoms with van der Waals surface area (Å²) >= 11 is 0. The van der Waals surface area contributed by atoms with Crippen molar-refractivity contribution in [2.45, 2.75) is 98.0 Å². The maximum atomic E-state index is 11.1. The first-order chi connectivity index (χ1) is 13.2. The molecule has 4 saturated carbocycles. The van der Waals surface area contributed by atoms with Gasteiger partial charge in [0.15, 0.2) is 0 Å². The van der Waals surface area contributed by atoms with E-state index in [1.165, 1.54) is 38.5 Å². The zero-order chi connectivity index (χ0) is 20.3. The van der Waals surface area contributed by atoms with Crippen molar-refractivity contribution < 1.29 is 15.0 Å². The number of hydrogen-bond donors (Lipinski definition) is 2. The van der Waals surface area contributed by atoms with E-state index in [4.69, 9.17) is 5.11 Å². The molecule has 4 aliphatic carbocycles. The summed E-state index contributed by atoms with van der Waals surface area (Å²) in [4.78, 5) is 11.1. The van der Waals surface area contributed by atoms with Gasteiger partial charge in [-0.3, -0.25) is 4.79 Å². The van der Waals surface area contributed by atoms with Crippen molar-refractivity contribution in [2.24, 2.45) is 52.3 Å². The maximum Gasteiger partial charge on any atom is 0.303 e. The summed E-state index contributed by atoms with van der Waals surface area (Å²) < 4.78 is 0. The van der Waals surface area contributed by atoms with Gasteiger partial charge in [0.25, 0.3) is 0 Å². The van der Waals surface area contributed by atoms with Gasteiger partial charge in [-0.1, -0.05) is 27.7 Å². The molecular weight excluding hydrogens is 348 g/mol. The zero-order valence-corrected chi connectivity index (χ0v) is 18.5. The Hall–Kier alpha value is -0.570. The van der Waals surface area contributed by atoms with E-state index < -0.39 is 5.97 Å². The Labute approximate surface area is 171 Å². The molecular formula is C25H42O3. The molecule has 2 N–H and O–H groups in total. The predicted octanol–water partition coefficient (Wildman–Crippen LogP) is 5.75. The molecule has 0 bridgehead atoms. The zero-order valence-electron chi connectivity index (χ0n) is 18.5. The fourth-order valence-corrected chi connectivity index (χ4v) is 9.14. The Bertz CT molecular complexity index is 603. The van der Waals surface area contributed by atoms with Crippen LogP contribution in [0.3, 0.4) is 0 Å². The molecule has 0 saturated heterocycles. The molecule has 4 rings (SSSR count).